The second-order valence-electron chi connectivity index (χ2n) is 18.4. The molecule has 0 bridgehead atoms. The van der Waals surface area contributed by atoms with Crippen molar-refractivity contribution >= 4 is 40.9 Å². The van der Waals surface area contributed by atoms with E-state index in [4.69, 9.17) is 4.74 Å². The number of hydrogen-bond acceptors (Lipinski definition) is 7. The summed E-state index contributed by atoms with van der Waals surface area (Å²) in [7, 11) is 4.09. The highest BCUT2D eigenvalue weighted by Crippen LogP contribution is 2.23. The van der Waals surface area contributed by atoms with Crippen molar-refractivity contribution in [2.45, 2.75) is 221 Å². The molecule has 0 saturated heterocycles. The van der Waals surface area contributed by atoms with Gasteiger partial charge in [-0.05, 0) is 108 Å². The number of thioether (sulfide) groups is 2. The summed E-state index contributed by atoms with van der Waals surface area (Å²) >= 11 is 3.54. The number of aldehydes is 1. The number of hydrogen-bond donors (Lipinski definition) is 0. The van der Waals surface area contributed by atoms with E-state index in [2.05, 4.69) is 46.4 Å². The standard InChI is InChI=1S/C48H93NO4S2/c1-41(2)25-22-27-43(5)34-37-54-40-45(39-50)29-18-14-12-13-16-20-31-46(53-47(51)32-24-36-49(7)8)30-19-15-10-9-11-17-21-33-48(52)55-38-35-44(6)28-23-26-42(3)4/h39,41-46H,9-38,40H2,1-8H3. The van der Waals surface area contributed by atoms with E-state index in [-0.39, 0.29) is 18.0 Å². The highest BCUT2D eigenvalue weighted by molar-refractivity contribution is 8.13. The molecule has 326 valence electrons. The van der Waals surface area contributed by atoms with Crippen LogP contribution < -0.4 is 0 Å². The predicted octanol–water partition coefficient (Wildman–Crippen LogP) is 14.4. The molecular formula is C48H93NO4S2. The molecule has 7 heteroatoms. The second-order valence-corrected chi connectivity index (χ2v) is 20.7. The zero-order valence-electron chi connectivity index (χ0n) is 37.9. The molecule has 0 aliphatic heterocycles. The Hall–Kier alpha value is -0.530. The monoisotopic (exact) mass is 812 g/mol. The van der Waals surface area contributed by atoms with Gasteiger partial charge in [0.15, 0.2) is 5.12 Å². The SMILES string of the molecule is CC(C)CCCC(C)CCSCC(C=O)CCCCCCCCC(CCCCCCCCCC(=O)SCCC(C)CCCC(C)C)OC(=O)CCCN(C)C. The third kappa shape index (κ3) is 40.1. The van der Waals surface area contributed by atoms with Gasteiger partial charge in [0.1, 0.15) is 12.4 Å². The molecule has 0 aromatic heterocycles. The van der Waals surface area contributed by atoms with Gasteiger partial charge in [0.2, 0.25) is 0 Å². The van der Waals surface area contributed by atoms with Crippen LogP contribution in [0.5, 0.6) is 0 Å². The van der Waals surface area contributed by atoms with Gasteiger partial charge in [0.05, 0.1) is 0 Å². The van der Waals surface area contributed by atoms with Gasteiger partial charge in [-0.3, -0.25) is 9.59 Å². The van der Waals surface area contributed by atoms with Crippen molar-refractivity contribution in [3.05, 3.63) is 0 Å². The fourth-order valence-corrected chi connectivity index (χ4v) is 9.57. The quantitative estimate of drug-likeness (QED) is 0.0346. The number of unbranched alkanes of at least 4 members (excludes halogenated alkanes) is 11. The molecular weight excluding hydrogens is 719 g/mol. The van der Waals surface area contributed by atoms with Crippen LogP contribution in [0.25, 0.3) is 0 Å². The molecule has 0 aromatic rings. The molecule has 5 nitrogen and oxygen atoms in total. The lowest BCUT2D eigenvalue weighted by atomic mass is 9.98. The predicted molar refractivity (Wildman–Crippen MR) is 245 cm³/mol. The van der Waals surface area contributed by atoms with Crippen LogP contribution >= 0.6 is 23.5 Å². The van der Waals surface area contributed by atoms with Crippen molar-refractivity contribution in [1.82, 2.24) is 4.90 Å². The Morgan fingerprint density at radius 3 is 1.55 bits per heavy atom. The first-order valence-corrected chi connectivity index (χ1v) is 25.6. The van der Waals surface area contributed by atoms with Crippen molar-refractivity contribution in [2.75, 3.05) is 37.9 Å². The molecule has 0 N–H and O–H groups in total. The van der Waals surface area contributed by atoms with Crippen molar-refractivity contribution in [2.24, 2.45) is 29.6 Å². The van der Waals surface area contributed by atoms with E-state index >= 15 is 0 Å². The topological polar surface area (TPSA) is 63.7 Å². The average molecular weight is 812 g/mol. The Morgan fingerprint density at radius 1 is 0.545 bits per heavy atom. The van der Waals surface area contributed by atoms with Gasteiger partial charge in [-0.1, -0.05) is 156 Å². The van der Waals surface area contributed by atoms with Gasteiger partial charge >= 0.3 is 5.97 Å². The van der Waals surface area contributed by atoms with Gasteiger partial charge in [0.25, 0.3) is 0 Å². The Labute approximate surface area is 351 Å². The maximum Gasteiger partial charge on any atom is 0.306 e. The van der Waals surface area contributed by atoms with Crippen LogP contribution in [0, 0.1) is 29.6 Å². The molecule has 4 unspecified atom stereocenters. The minimum absolute atomic E-state index is 0.0326. The third-order valence-corrected chi connectivity index (χ3v) is 13.3. The average Bonchev–Trinajstić information content (AvgIpc) is 3.12. The molecule has 0 radical (unpaired) electrons. The van der Waals surface area contributed by atoms with E-state index in [1.165, 1.54) is 108 Å². The molecule has 0 spiro atoms. The lowest BCUT2D eigenvalue weighted by Gasteiger charge is -2.18. The van der Waals surface area contributed by atoms with E-state index in [0.29, 0.717) is 11.5 Å². The molecule has 0 aliphatic rings. The Kier molecular flexibility index (Phi) is 38.6. The summed E-state index contributed by atoms with van der Waals surface area (Å²) in [4.78, 5) is 38.7. The summed E-state index contributed by atoms with van der Waals surface area (Å²) in [5.41, 5.74) is 0. The van der Waals surface area contributed by atoms with Crippen molar-refractivity contribution < 1.29 is 19.1 Å². The summed E-state index contributed by atoms with van der Waals surface area (Å²) in [6.45, 7) is 14.8. The van der Waals surface area contributed by atoms with E-state index in [9.17, 15) is 14.4 Å². The maximum absolute atomic E-state index is 12.6. The summed E-state index contributed by atoms with van der Waals surface area (Å²) in [5, 5.41) is 0.382. The first kappa shape index (κ1) is 54.5. The molecule has 0 amide bonds. The van der Waals surface area contributed by atoms with E-state index < -0.39 is 0 Å². The van der Waals surface area contributed by atoms with Crippen molar-refractivity contribution in [3.63, 3.8) is 0 Å². The molecule has 4 atom stereocenters. The summed E-state index contributed by atoms with van der Waals surface area (Å²) in [6, 6.07) is 0. The first-order valence-electron chi connectivity index (χ1n) is 23.5. The molecule has 0 aromatic carbocycles. The first-order chi connectivity index (χ1) is 26.4. The van der Waals surface area contributed by atoms with Crippen LogP contribution in [0.3, 0.4) is 0 Å². The summed E-state index contributed by atoms with van der Waals surface area (Å²) in [5.74, 6) is 6.45. The molecule has 0 rings (SSSR count). The van der Waals surface area contributed by atoms with Crippen LogP contribution in [-0.4, -0.2) is 66.3 Å². The van der Waals surface area contributed by atoms with Crippen LogP contribution in [0.2, 0.25) is 0 Å². The minimum Gasteiger partial charge on any atom is -0.462 e. The van der Waals surface area contributed by atoms with Crippen LogP contribution in [-0.2, 0) is 19.1 Å². The molecule has 55 heavy (non-hydrogen) atoms. The Morgan fingerprint density at radius 2 is 1.04 bits per heavy atom. The zero-order valence-corrected chi connectivity index (χ0v) is 39.5. The number of ether oxygens (including phenoxy) is 1. The fraction of sp³-hybridized carbons (Fsp3) is 0.938. The number of esters is 1. The van der Waals surface area contributed by atoms with Crippen molar-refractivity contribution in [1.29, 1.82) is 0 Å². The van der Waals surface area contributed by atoms with Crippen LogP contribution in [0.15, 0.2) is 0 Å². The number of carbonyl (C=O) groups is 3. The minimum atomic E-state index is -0.0326. The highest BCUT2D eigenvalue weighted by Gasteiger charge is 2.15. The molecule has 0 fully saturated rings. The Bertz CT molecular complexity index is 882. The lowest BCUT2D eigenvalue weighted by Crippen LogP contribution is -2.20. The van der Waals surface area contributed by atoms with E-state index in [1.54, 1.807) is 11.8 Å². The largest absolute Gasteiger partial charge is 0.462 e. The molecule has 0 heterocycles. The van der Waals surface area contributed by atoms with Gasteiger partial charge in [-0.2, -0.15) is 11.8 Å². The molecule has 0 saturated carbocycles. The van der Waals surface area contributed by atoms with Gasteiger partial charge in [0, 0.05) is 30.3 Å². The molecule has 0 aliphatic carbocycles. The van der Waals surface area contributed by atoms with E-state index in [1.807, 2.05) is 25.9 Å². The van der Waals surface area contributed by atoms with Crippen molar-refractivity contribution in [3.8, 4) is 0 Å². The fourth-order valence-electron chi connectivity index (χ4n) is 7.25. The second kappa shape index (κ2) is 39.0. The Balaban J connectivity index is 4.14. The number of nitrogens with zero attached hydrogens (tertiary/aromatic N) is 1. The van der Waals surface area contributed by atoms with Gasteiger partial charge in [-0.25, -0.2) is 0 Å². The van der Waals surface area contributed by atoms with E-state index in [0.717, 1.165) is 112 Å². The maximum atomic E-state index is 12.6. The number of rotatable bonds is 41. The van der Waals surface area contributed by atoms with Crippen LogP contribution in [0.1, 0.15) is 215 Å². The third-order valence-electron chi connectivity index (χ3n) is 11.2. The summed E-state index contributed by atoms with van der Waals surface area (Å²) < 4.78 is 6.02. The van der Waals surface area contributed by atoms with Gasteiger partial charge in [-0.15, -0.1) is 0 Å². The zero-order chi connectivity index (χ0) is 40.9. The summed E-state index contributed by atoms with van der Waals surface area (Å²) in [6.07, 6.45) is 32.0. The smallest absolute Gasteiger partial charge is 0.306 e. The van der Waals surface area contributed by atoms with Crippen LogP contribution in [0.4, 0.5) is 0 Å². The number of carbonyl (C=O) groups excluding carboxylic acids is 3. The highest BCUT2D eigenvalue weighted by atomic mass is 32.2. The normalized spacial score (nSPS) is 14.1. The lowest BCUT2D eigenvalue weighted by molar-refractivity contribution is -0.150. The van der Waals surface area contributed by atoms with Gasteiger partial charge < -0.3 is 14.4 Å².